The second kappa shape index (κ2) is 8.89. The zero-order valence-electron chi connectivity index (χ0n) is 17.6. The number of nitrogens with two attached hydrogens (primary N) is 1. The summed E-state index contributed by atoms with van der Waals surface area (Å²) in [7, 11) is 3.18. The number of esters is 1. The molecule has 0 saturated heterocycles. The number of thioether (sulfide) groups is 1. The molecule has 2 N–H and O–H groups in total. The van der Waals surface area contributed by atoms with Crippen molar-refractivity contribution in [2.24, 2.45) is 0 Å². The van der Waals surface area contributed by atoms with Gasteiger partial charge in [-0.05, 0) is 26.8 Å². The van der Waals surface area contributed by atoms with Crippen molar-refractivity contribution < 1.29 is 14.3 Å². The third-order valence-corrected chi connectivity index (χ3v) is 9.20. The molecule has 0 bridgehead atoms. The Hall–Kier alpha value is -2.34. The minimum atomic E-state index is -0.571. The van der Waals surface area contributed by atoms with E-state index in [-0.39, 0.29) is 29.6 Å². The monoisotopic (exact) mass is 504 g/mol. The van der Waals surface area contributed by atoms with Gasteiger partial charge in [0, 0.05) is 17.3 Å². The highest BCUT2D eigenvalue weighted by atomic mass is 32.9. The molecule has 1 aromatic carbocycles. The van der Waals surface area contributed by atoms with Crippen molar-refractivity contribution in [1.29, 1.82) is 0 Å². The summed E-state index contributed by atoms with van der Waals surface area (Å²) in [5.74, 6) is -0.516. The van der Waals surface area contributed by atoms with E-state index in [0.717, 1.165) is 25.5 Å². The molecule has 0 fully saturated rings. The molecule has 1 amide bonds. The highest BCUT2D eigenvalue weighted by Gasteiger charge is 2.42. The molecule has 32 heavy (non-hydrogen) atoms. The van der Waals surface area contributed by atoms with Gasteiger partial charge in [0.1, 0.15) is 15.2 Å². The highest BCUT2D eigenvalue weighted by Crippen LogP contribution is 2.52. The molecule has 4 rings (SSSR count). The summed E-state index contributed by atoms with van der Waals surface area (Å²) in [5, 5.41) is 0.318. The van der Waals surface area contributed by atoms with Crippen molar-refractivity contribution in [3.63, 3.8) is 0 Å². The number of benzene rings is 1. The number of para-hydroxylation sites is 1. The first-order chi connectivity index (χ1) is 15.3. The number of aromatic nitrogens is 2. The van der Waals surface area contributed by atoms with Crippen molar-refractivity contribution in [2.45, 2.75) is 31.5 Å². The van der Waals surface area contributed by atoms with E-state index in [1.165, 1.54) is 18.0 Å². The third-order valence-electron chi connectivity index (χ3n) is 5.03. The Morgan fingerprint density at radius 2 is 2.03 bits per heavy atom. The van der Waals surface area contributed by atoms with Crippen molar-refractivity contribution >= 4 is 68.0 Å². The van der Waals surface area contributed by atoms with Crippen LogP contribution < -0.4 is 10.6 Å². The van der Waals surface area contributed by atoms with Gasteiger partial charge in [0.15, 0.2) is 5.16 Å². The standard InChI is InChI=1S/C21H20N4O3S4/c1-4-28-18(27)12-9-23-20(24-17(12)22)30-10-14(26)25-13-8-6-5-7-11(13)15-16(21(25,2)3)31-32-19(15)29/h5-9H,4,10H2,1-3H3,(H2,22,23,24). The molecule has 0 aliphatic carbocycles. The average molecular weight is 505 g/mol. The fourth-order valence-corrected chi connectivity index (χ4v) is 7.58. The Balaban J connectivity index is 1.60. The van der Waals surface area contributed by atoms with Crippen LogP contribution in [0, 0.1) is 3.82 Å². The molecule has 0 radical (unpaired) electrons. The normalized spacial score (nSPS) is 13.9. The number of nitrogen functional groups attached to an aromatic ring is 1. The predicted molar refractivity (Wildman–Crippen MR) is 132 cm³/mol. The van der Waals surface area contributed by atoms with E-state index in [9.17, 15) is 9.59 Å². The van der Waals surface area contributed by atoms with Crippen LogP contribution in [-0.4, -0.2) is 34.2 Å². The van der Waals surface area contributed by atoms with E-state index >= 15 is 0 Å². The predicted octanol–water partition coefficient (Wildman–Crippen LogP) is 5.13. The second-order valence-corrected chi connectivity index (χ2v) is 11.2. The first-order valence-electron chi connectivity index (χ1n) is 9.74. The van der Waals surface area contributed by atoms with Gasteiger partial charge >= 0.3 is 5.97 Å². The van der Waals surface area contributed by atoms with Crippen LogP contribution in [-0.2, 0) is 15.1 Å². The summed E-state index contributed by atoms with van der Waals surface area (Å²) in [6, 6.07) is 7.83. The van der Waals surface area contributed by atoms with Crippen LogP contribution in [0.1, 0.15) is 36.0 Å². The lowest BCUT2D eigenvalue weighted by molar-refractivity contribution is -0.117. The van der Waals surface area contributed by atoms with Gasteiger partial charge in [-0.1, -0.05) is 62.9 Å². The molecule has 0 atom stereocenters. The van der Waals surface area contributed by atoms with Gasteiger partial charge in [0.25, 0.3) is 0 Å². The second-order valence-electron chi connectivity index (χ2n) is 7.42. The van der Waals surface area contributed by atoms with Crippen LogP contribution in [0.2, 0.25) is 0 Å². The Morgan fingerprint density at radius 3 is 2.75 bits per heavy atom. The molecule has 2 aromatic heterocycles. The highest BCUT2D eigenvalue weighted by molar-refractivity contribution is 7.99. The topological polar surface area (TPSA) is 98.4 Å². The molecule has 11 heteroatoms. The number of anilines is 2. The van der Waals surface area contributed by atoms with Crippen molar-refractivity contribution in [3.8, 4) is 11.1 Å². The van der Waals surface area contributed by atoms with Crippen molar-refractivity contribution in [3.05, 3.63) is 44.7 Å². The lowest BCUT2D eigenvalue weighted by Crippen LogP contribution is -2.48. The van der Waals surface area contributed by atoms with Gasteiger partial charge in [0.2, 0.25) is 5.91 Å². The molecule has 1 aliphatic rings. The number of fused-ring (bicyclic) bond motifs is 3. The average Bonchev–Trinajstić information content (AvgIpc) is 3.15. The number of carbonyl (C=O) groups is 2. The van der Waals surface area contributed by atoms with Gasteiger partial charge in [-0.3, -0.25) is 4.79 Å². The van der Waals surface area contributed by atoms with Crippen LogP contribution in [0.25, 0.3) is 11.1 Å². The summed E-state index contributed by atoms with van der Waals surface area (Å²) >= 11 is 6.76. The number of hydrogen-bond donors (Lipinski definition) is 1. The maximum atomic E-state index is 13.4. The van der Waals surface area contributed by atoms with Crippen LogP contribution in [0.5, 0.6) is 0 Å². The molecule has 0 unspecified atom stereocenters. The number of ether oxygens (including phenoxy) is 1. The van der Waals surface area contributed by atoms with Gasteiger partial charge in [-0.25, -0.2) is 14.8 Å². The van der Waals surface area contributed by atoms with E-state index in [2.05, 4.69) is 9.97 Å². The van der Waals surface area contributed by atoms with Gasteiger partial charge in [-0.15, -0.1) is 0 Å². The lowest BCUT2D eigenvalue weighted by Gasteiger charge is -2.42. The lowest BCUT2D eigenvalue weighted by atomic mass is 9.87. The maximum absolute atomic E-state index is 13.4. The van der Waals surface area contributed by atoms with Crippen LogP contribution in [0.15, 0.2) is 35.6 Å². The van der Waals surface area contributed by atoms with E-state index in [0.29, 0.717) is 5.16 Å². The van der Waals surface area contributed by atoms with Crippen LogP contribution >= 0.6 is 44.7 Å². The molecule has 0 spiro atoms. The van der Waals surface area contributed by atoms with E-state index in [1.807, 2.05) is 43.0 Å². The Morgan fingerprint density at radius 1 is 1.28 bits per heavy atom. The summed E-state index contributed by atoms with van der Waals surface area (Å²) in [4.78, 5) is 36.6. The van der Waals surface area contributed by atoms with Gasteiger partial charge in [-0.2, -0.15) is 0 Å². The molecule has 0 saturated carbocycles. The van der Waals surface area contributed by atoms with Crippen molar-refractivity contribution in [1.82, 2.24) is 9.97 Å². The summed E-state index contributed by atoms with van der Waals surface area (Å²) in [6.07, 6.45) is 1.33. The zero-order chi connectivity index (χ0) is 23.0. The number of carbonyl (C=O) groups excluding carboxylic acids is 2. The summed E-state index contributed by atoms with van der Waals surface area (Å²) in [5.41, 5.74) is 8.32. The van der Waals surface area contributed by atoms with Gasteiger partial charge in [0.05, 0.1) is 28.5 Å². The SMILES string of the molecule is CCOC(=O)c1cnc(SCC(=O)N2c3ccccc3-c3c(ssc3=S)C2(C)C)nc1N. The fourth-order valence-electron chi connectivity index (χ4n) is 3.63. The minimum Gasteiger partial charge on any atom is -0.462 e. The van der Waals surface area contributed by atoms with E-state index < -0.39 is 11.5 Å². The van der Waals surface area contributed by atoms with E-state index in [1.54, 1.807) is 27.6 Å². The maximum Gasteiger partial charge on any atom is 0.343 e. The molecular weight excluding hydrogens is 485 g/mol. The number of rotatable bonds is 5. The van der Waals surface area contributed by atoms with Gasteiger partial charge < -0.3 is 15.4 Å². The molecule has 3 heterocycles. The fraction of sp³-hybridized carbons (Fsp3) is 0.286. The number of amides is 1. The molecule has 166 valence electrons. The smallest absolute Gasteiger partial charge is 0.343 e. The number of hydrogen-bond acceptors (Lipinski definition) is 10. The van der Waals surface area contributed by atoms with E-state index in [4.69, 9.17) is 22.7 Å². The first-order valence-corrected chi connectivity index (χ1v) is 13.3. The minimum absolute atomic E-state index is 0.0275. The van der Waals surface area contributed by atoms with Crippen molar-refractivity contribution in [2.75, 3.05) is 23.0 Å². The van der Waals surface area contributed by atoms with Crippen LogP contribution in [0.4, 0.5) is 11.5 Å². The first kappa shape index (κ1) is 22.8. The summed E-state index contributed by atoms with van der Waals surface area (Å²) < 4.78 is 5.79. The quantitative estimate of drug-likeness (QED) is 0.168. The van der Waals surface area contributed by atoms with Crippen LogP contribution in [0.3, 0.4) is 0 Å². The molecule has 3 aromatic rings. The Kier molecular flexibility index (Phi) is 6.35. The summed E-state index contributed by atoms with van der Waals surface area (Å²) in [6.45, 7) is 6.01. The molecule has 1 aliphatic heterocycles. The largest absolute Gasteiger partial charge is 0.462 e. The molecular formula is C21H20N4O3S4. The Labute approximate surface area is 202 Å². The molecule has 7 nitrogen and oxygen atoms in total. The Bertz CT molecular complexity index is 1270. The number of nitrogens with zero attached hydrogens (tertiary/aromatic N) is 3. The zero-order valence-corrected chi connectivity index (χ0v) is 20.8. The third kappa shape index (κ3) is 3.94.